The Morgan fingerprint density at radius 1 is 1.55 bits per heavy atom. The molecule has 0 amide bonds. The predicted molar refractivity (Wildman–Crippen MR) is 39.9 cm³/mol. The Morgan fingerprint density at radius 2 is 2.36 bits per heavy atom. The maximum absolute atomic E-state index is 12.5. The molecular formula is C9H9FO. The third-order valence-electron chi connectivity index (χ3n) is 2.23. The lowest BCUT2D eigenvalue weighted by molar-refractivity contribution is 0.253. The predicted octanol–water partition coefficient (Wildman–Crippen LogP) is 1.46. The van der Waals surface area contributed by atoms with E-state index in [2.05, 4.69) is 0 Å². The van der Waals surface area contributed by atoms with Gasteiger partial charge in [-0.15, -0.1) is 0 Å². The Kier molecular flexibility index (Phi) is 1.43. The van der Waals surface area contributed by atoms with E-state index in [0.29, 0.717) is 0 Å². The van der Waals surface area contributed by atoms with E-state index < -0.39 is 0 Å². The second-order valence-corrected chi connectivity index (χ2v) is 2.93. The summed E-state index contributed by atoms with van der Waals surface area (Å²) in [6, 6.07) is 4.75. The minimum absolute atomic E-state index is 0.179. The second kappa shape index (κ2) is 2.31. The number of hydrogen-bond donors (Lipinski definition) is 1. The number of aliphatic hydroxyl groups is 1. The highest BCUT2D eigenvalue weighted by molar-refractivity contribution is 5.40. The monoisotopic (exact) mass is 152 g/mol. The van der Waals surface area contributed by atoms with E-state index in [1.807, 2.05) is 0 Å². The van der Waals surface area contributed by atoms with Crippen LogP contribution >= 0.6 is 0 Å². The van der Waals surface area contributed by atoms with Crippen LogP contribution in [-0.2, 0) is 6.42 Å². The number of rotatable bonds is 1. The third kappa shape index (κ3) is 0.942. The Morgan fingerprint density at radius 3 is 3.00 bits per heavy atom. The van der Waals surface area contributed by atoms with Crippen molar-refractivity contribution in [2.75, 3.05) is 6.61 Å². The van der Waals surface area contributed by atoms with Crippen molar-refractivity contribution >= 4 is 0 Å². The summed E-state index contributed by atoms with van der Waals surface area (Å²) in [6.07, 6.45) is 0.823. The molecule has 2 heteroatoms. The van der Waals surface area contributed by atoms with Crippen molar-refractivity contribution in [2.24, 2.45) is 0 Å². The number of hydrogen-bond acceptors (Lipinski definition) is 1. The van der Waals surface area contributed by atoms with Crippen LogP contribution in [0.4, 0.5) is 4.39 Å². The molecule has 0 spiro atoms. The largest absolute Gasteiger partial charge is 0.396 e. The van der Waals surface area contributed by atoms with Gasteiger partial charge in [-0.3, -0.25) is 0 Å². The van der Waals surface area contributed by atoms with Gasteiger partial charge in [-0.25, -0.2) is 4.39 Å². The van der Waals surface area contributed by atoms with Crippen LogP contribution < -0.4 is 0 Å². The molecule has 1 aromatic carbocycles. The molecule has 2 rings (SSSR count). The van der Waals surface area contributed by atoms with Gasteiger partial charge in [0.15, 0.2) is 0 Å². The van der Waals surface area contributed by atoms with Crippen LogP contribution in [0, 0.1) is 5.82 Å². The van der Waals surface area contributed by atoms with Gasteiger partial charge in [0.05, 0.1) is 6.61 Å². The van der Waals surface area contributed by atoms with Crippen LogP contribution in [0.15, 0.2) is 18.2 Å². The van der Waals surface area contributed by atoms with Crippen molar-refractivity contribution in [2.45, 2.75) is 12.3 Å². The van der Waals surface area contributed by atoms with Gasteiger partial charge < -0.3 is 5.11 Å². The first kappa shape index (κ1) is 6.80. The van der Waals surface area contributed by atoms with E-state index in [-0.39, 0.29) is 18.3 Å². The normalized spacial score (nSPS) is 20.7. The van der Waals surface area contributed by atoms with Crippen molar-refractivity contribution < 1.29 is 9.50 Å². The molecule has 1 aliphatic carbocycles. The molecule has 0 saturated heterocycles. The highest BCUT2D eigenvalue weighted by atomic mass is 19.1. The molecule has 0 radical (unpaired) electrons. The molecule has 0 aromatic heterocycles. The fraction of sp³-hybridized carbons (Fsp3) is 0.333. The molecule has 1 N–H and O–H groups in total. The minimum atomic E-state index is -0.180. The number of fused-ring (bicyclic) bond motifs is 1. The van der Waals surface area contributed by atoms with E-state index in [1.165, 1.54) is 6.07 Å². The molecule has 0 heterocycles. The molecule has 1 unspecified atom stereocenters. The van der Waals surface area contributed by atoms with Gasteiger partial charge >= 0.3 is 0 Å². The first-order valence-electron chi connectivity index (χ1n) is 3.70. The van der Waals surface area contributed by atoms with Gasteiger partial charge in [0.25, 0.3) is 0 Å². The maximum Gasteiger partial charge on any atom is 0.123 e. The Hall–Kier alpha value is -0.890. The summed E-state index contributed by atoms with van der Waals surface area (Å²) in [5.41, 5.74) is 2.15. The van der Waals surface area contributed by atoms with E-state index in [9.17, 15) is 4.39 Å². The summed E-state index contributed by atoms with van der Waals surface area (Å²) < 4.78 is 12.5. The third-order valence-corrected chi connectivity index (χ3v) is 2.23. The Bertz CT molecular complexity index is 283. The fourth-order valence-corrected chi connectivity index (χ4v) is 1.56. The van der Waals surface area contributed by atoms with Crippen LogP contribution in [0.25, 0.3) is 0 Å². The summed E-state index contributed by atoms with van der Waals surface area (Å²) in [5, 5.41) is 8.81. The van der Waals surface area contributed by atoms with Gasteiger partial charge in [0, 0.05) is 5.92 Å². The molecule has 0 bridgehead atoms. The molecule has 0 aliphatic heterocycles. The van der Waals surface area contributed by atoms with Crippen molar-refractivity contribution in [3.63, 3.8) is 0 Å². The topological polar surface area (TPSA) is 20.2 Å². The number of aliphatic hydroxyl groups excluding tert-OH is 1. The minimum Gasteiger partial charge on any atom is -0.396 e. The van der Waals surface area contributed by atoms with Gasteiger partial charge in [-0.05, 0) is 29.7 Å². The van der Waals surface area contributed by atoms with Crippen LogP contribution in [0.5, 0.6) is 0 Å². The van der Waals surface area contributed by atoms with E-state index >= 15 is 0 Å². The zero-order valence-electron chi connectivity index (χ0n) is 6.05. The Balaban J connectivity index is 2.35. The molecule has 1 nitrogen and oxygen atoms in total. The quantitative estimate of drug-likeness (QED) is 0.645. The van der Waals surface area contributed by atoms with Gasteiger partial charge in [-0.2, -0.15) is 0 Å². The smallest absolute Gasteiger partial charge is 0.123 e. The molecule has 1 aliphatic rings. The zero-order chi connectivity index (χ0) is 7.84. The standard InChI is InChI=1S/C9H9FO/c10-8-1-2-9-6(4-8)3-7(9)5-11/h1-2,4,7,11H,3,5H2. The molecule has 11 heavy (non-hydrogen) atoms. The van der Waals surface area contributed by atoms with Crippen molar-refractivity contribution in [1.82, 2.24) is 0 Å². The lowest BCUT2D eigenvalue weighted by Crippen LogP contribution is -2.20. The average molecular weight is 152 g/mol. The van der Waals surface area contributed by atoms with Crippen LogP contribution in [0.2, 0.25) is 0 Å². The second-order valence-electron chi connectivity index (χ2n) is 2.93. The lowest BCUT2D eigenvalue weighted by Gasteiger charge is -2.28. The molecule has 1 atom stereocenters. The van der Waals surface area contributed by atoms with Crippen molar-refractivity contribution in [1.29, 1.82) is 0 Å². The summed E-state index contributed by atoms with van der Waals surface area (Å²) in [4.78, 5) is 0. The number of benzene rings is 1. The fourth-order valence-electron chi connectivity index (χ4n) is 1.56. The summed E-state index contributed by atoms with van der Waals surface area (Å²) in [7, 11) is 0. The highest BCUT2D eigenvalue weighted by Gasteiger charge is 2.24. The molecule has 0 saturated carbocycles. The molecular weight excluding hydrogens is 143 g/mol. The van der Waals surface area contributed by atoms with Crippen LogP contribution in [0.1, 0.15) is 17.0 Å². The SMILES string of the molecule is OCC1Cc2cc(F)ccc21. The van der Waals surface area contributed by atoms with E-state index in [0.717, 1.165) is 17.5 Å². The average Bonchev–Trinajstić information content (AvgIpc) is 1.95. The number of halogens is 1. The first-order valence-corrected chi connectivity index (χ1v) is 3.70. The van der Waals surface area contributed by atoms with Crippen molar-refractivity contribution in [3.8, 4) is 0 Å². The van der Waals surface area contributed by atoms with Crippen LogP contribution in [-0.4, -0.2) is 11.7 Å². The molecule has 1 aromatic rings. The lowest BCUT2D eigenvalue weighted by atomic mass is 9.78. The van der Waals surface area contributed by atoms with Gasteiger partial charge in [0.2, 0.25) is 0 Å². The van der Waals surface area contributed by atoms with Crippen molar-refractivity contribution in [3.05, 3.63) is 35.1 Å². The Labute approximate surface area is 64.5 Å². The zero-order valence-corrected chi connectivity index (χ0v) is 6.05. The van der Waals surface area contributed by atoms with E-state index in [1.54, 1.807) is 12.1 Å². The van der Waals surface area contributed by atoms with Gasteiger partial charge in [-0.1, -0.05) is 6.07 Å². The summed E-state index contributed by atoms with van der Waals surface area (Å²) >= 11 is 0. The maximum atomic E-state index is 12.5. The van der Waals surface area contributed by atoms with E-state index in [4.69, 9.17) is 5.11 Å². The van der Waals surface area contributed by atoms with Gasteiger partial charge in [0.1, 0.15) is 5.82 Å². The summed E-state index contributed by atoms with van der Waals surface area (Å²) in [5.74, 6) is 0.0748. The molecule has 58 valence electrons. The molecule has 0 fully saturated rings. The summed E-state index contributed by atoms with van der Waals surface area (Å²) in [6.45, 7) is 0.179. The van der Waals surface area contributed by atoms with Crippen LogP contribution in [0.3, 0.4) is 0 Å². The first-order chi connectivity index (χ1) is 5.31. The highest BCUT2D eigenvalue weighted by Crippen LogP contribution is 2.34.